The normalized spacial score (nSPS) is 13.7. The van der Waals surface area contributed by atoms with Crippen LogP contribution in [-0.2, 0) is 25.9 Å². The van der Waals surface area contributed by atoms with Gasteiger partial charge in [-0.3, -0.25) is 0 Å². The number of benzene rings is 1. The summed E-state index contributed by atoms with van der Waals surface area (Å²) < 4.78 is 0. The number of para-hydroxylation sites is 1. The SMILES string of the molecule is Oc1cccc(CNCc2cc3c(s2)CCC3)c1O. The summed E-state index contributed by atoms with van der Waals surface area (Å²) in [5, 5.41) is 22.4. The van der Waals surface area contributed by atoms with Crippen LogP contribution in [0.2, 0.25) is 0 Å². The van der Waals surface area contributed by atoms with E-state index in [1.807, 2.05) is 17.4 Å². The number of nitrogens with one attached hydrogen (secondary N) is 1. The molecule has 1 aromatic heterocycles. The molecule has 3 rings (SSSR count). The van der Waals surface area contributed by atoms with Gasteiger partial charge in [0, 0.05) is 28.4 Å². The molecule has 100 valence electrons. The molecule has 3 N–H and O–H groups in total. The Balaban J connectivity index is 1.59. The lowest BCUT2D eigenvalue weighted by atomic mass is 10.2. The Labute approximate surface area is 116 Å². The zero-order valence-corrected chi connectivity index (χ0v) is 11.5. The monoisotopic (exact) mass is 275 g/mol. The van der Waals surface area contributed by atoms with Gasteiger partial charge in [-0.2, -0.15) is 0 Å². The van der Waals surface area contributed by atoms with Crippen LogP contribution in [0.4, 0.5) is 0 Å². The molecule has 1 aromatic carbocycles. The van der Waals surface area contributed by atoms with E-state index in [1.165, 1.54) is 40.6 Å². The second-order valence-corrected chi connectivity index (χ2v) is 6.12. The predicted molar refractivity (Wildman–Crippen MR) is 76.7 cm³/mol. The molecule has 0 spiro atoms. The number of aryl methyl sites for hydroxylation is 2. The molecule has 0 aliphatic heterocycles. The van der Waals surface area contributed by atoms with Gasteiger partial charge in [-0.1, -0.05) is 12.1 Å². The minimum Gasteiger partial charge on any atom is -0.504 e. The lowest BCUT2D eigenvalue weighted by Gasteiger charge is -2.07. The van der Waals surface area contributed by atoms with Crippen LogP contribution in [-0.4, -0.2) is 10.2 Å². The molecule has 0 amide bonds. The third-order valence-electron chi connectivity index (χ3n) is 3.51. The summed E-state index contributed by atoms with van der Waals surface area (Å²) in [6.45, 7) is 1.37. The third-order valence-corrected chi connectivity index (χ3v) is 4.75. The smallest absolute Gasteiger partial charge is 0.161 e. The van der Waals surface area contributed by atoms with Crippen molar-refractivity contribution in [3.05, 3.63) is 45.1 Å². The standard InChI is InChI=1S/C15H17NO2S/c17-13-5-1-4-11(15(13)18)8-16-9-12-7-10-3-2-6-14(10)19-12/h1,4-5,7,16-18H,2-3,6,8-9H2. The van der Waals surface area contributed by atoms with Crippen molar-refractivity contribution < 1.29 is 10.2 Å². The molecule has 0 fully saturated rings. The Morgan fingerprint density at radius 2 is 2.05 bits per heavy atom. The van der Waals surface area contributed by atoms with E-state index in [1.54, 1.807) is 6.07 Å². The first kappa shape index (κ1) is 12.5. The summed E-state index contributed by atoms with van der Waals surface area (Å²) in [7, 11) is 0. The van der Waals surface area contributed by atoms with E-state index in [-0.39, 0.29) is 11.5 Å². The molecule has 0 saturated heterocycles. The molecule has 3 nitrogen and oxygen atoms in total. The molecular formula is C15H17NO2S. The molecule has 0 radical (unpaired) electrons. The first-order valence-electron chi connectivity index (χ1n) is 6.55. The Kier molecular flexibility index (Phi) is 3.44. The Morgan fingerprint density at radius 3 is 2.89 bits per heavy atom. The van der Waals surface area contributed by atoms with Crippen molar-refractivity contribution in [1.29, 1.82) is 0 Å². The van der Waals surface area contributed by atoms with Crippen molar-refractivity contribution in [2.75, 3.05) is 0 Å². The number of fused-ring (bicyclic) bond motifs is 1. The zero-order chi connectivity index (χ0) is 13.2. The third kappa shape index (κ3) is 2.60. The predicted octanol–water partition coefficient (Wildman–Crippen LogP) is 2.94. The van der Waals surface area contributed by atoms with Crippen LogP contribution in [0.5, 0.6) is 11.5 Å². The molecule has 2 aromatic rings. The molecule has 4 heteroatoms. The van der Waals surface area contributed by atoms with E-state index >= 15 is 0 Å². The number of phenolic OH excluding ortho intramolecular Hbond substituents is 2. The summed E-state index contributed by atoms with van der Waals surface area (Å²) in [6.07, 6.45) is 3.75. The Bertz CT molecular complexity index is 570. The van der Waals surface area contributed by atoms with Gasteiger partial charge in [-0.05, 0) is 37.0 Å². The zero-order valence-electron chi connectivity index (χ0n) is 10.6. The number of hydrogen-bond acceptors (Lipinski definition) is 4. The lowest BCUT2D eigenvalue weighted by Crippen LogP contribution is -2.11. The van der Waals surface area contributed by atoms with Gasteiger partial charge >= 0.3 is 0 Å². The van der Waals surface area contributed by atoms with Gasteiger partial charge in [0.05, 0.1) is 0 Å². The van der Waals surface area contributed by atoms with Gasteiger partial charge in [0.1, 0.15) is 0 Å². The van der Waals surface area contributed by atoms with Gasteiger partial charge in [0.2, 0.25) is 0 Å². The second kappa shape index (κ2) is 5.23. The van der Waals surface area contributed by atoms with E-state index in [2.05, 4.69) is 11.4 Å². The molecule has 0 bridgehead atoms. The molecule has 1 heterocycles. The molecule has 19 heavy (non-hydrogen) atoms. The van der Waals surface area contributed by atoms with E-state index in [0.29, 0.717) is 6.54 Å². The van der Waals surface area contributed by atoms with Gasteiger partial charge in [0.25, 0.3) is 0 Å². The minimum absolute atomic E-state index is 0.0244. The van der Waals surface area contributed by atoms with Crippen LogP contribution >= 0.6 is 11.3 Å². The molecule has 1 aliphatic rings. The number of rotatable bonds is 4. The maximum absolute atomic E-state index is 9.70. The number of hydrogen-bond donors (Lipinski definition) is 3. The largest absolute Gasteiger partial charge is 0.504 e. The lowest BCUT2D eigenvalue weighted by molar-refractivity contribution is 0.398. The Hall–Kier alpha value is -1.52. The molecule has 0 saturated carbocycles. The summed E-state index contributed by atoms with van der Waals surface area (Å²) >= 11 is 1.89. The summed E-state index contributed by atoms with van der Waals surface area (Å²) in [6, 6.07) is 7.34. The quantitative estimate of drug-likeness (QED) is 0.752. The van der Waals surface area contributed by atoms with Gasteiger partial charge < -0.3 is 15.5 Å². The average molecular weight is 275 g/mol. The van der Waals surface area contributed by atoms with Crippen LogP contribution in [0.3, 0.4) is 0 Å². The van der Waals surface area contributed by atoms with E-state index in [9.17, 15) is 10.2 Å². The number of phenols is 2. The van der Waals surface area contributed by atoms with Crippen molar-refractivity contribution in [3.63, 3.8) is 0 Å². The maximum atomic E-state index is 9.70. The van der Waals surface area contributed by atoms with Gasteiger partial charge in [-0.15, -0.1) is 11.3 Å². The number of aromatic hydroxyl groups is 2. The Morgan fingerprint density at radius 1 is 1.16 bits per heavy atom. The summed E-state index contributed by atoms with van der Waals surface area (Å²) in [5.41, 5.74) is 2.24. The average Bonchev–Trinajstić information content (AvgIpc) is 2.95. The minimum atomic E-state index is -0.0607. The highest BCUT2D eigenvalue weighted by Crippen LogP contribution is 2.31. The fourth-order valence-electron chi connectivity index (χ4n) is 2.52. The van der Waals surface area contributed by atoms with Crippen molar-refractivity contribution in [2.45, 2.75) is 32.4 Å². The summed E-state index contributed by atoms with van der Waals surface area (Å²) in [5.74, 6) is -0.0851. The fraction of sp³-hybridized carbons (Fsp3) is 0.333. The summed E-state index contributed by atoms with van der Waals surface area (Å²) in [4.78, 5) is 2.89. The highest BCUT2D eigenvalue weighted by Gasteiger charge is 2.14. The first-order chi connectivity index (χ1) is 9.24. The molecule has 0 atom stereocenters. The van der Waals surface area contributed by atoms with Crippen LogP contribution in [0.25, 0.3) is 0 Å². The maximum Gasteiger partial charge on any atom is 0.161 e. The molecule has 0 unspecified atom stereocenters. The second-order valence-electron chi connectivity index (χ2n) is 4.90. The van der Waals surface area contributed by atoms with E-state index in [0.717, 1.165) is 12.1 Å². The highest BCUT2D eigenvalue weighted by atomic mass is 32.1. The van der Waals surface area contributed by atoms with Crippen molar-refractivity contribution >= 4 is 11.3 Å². The topological polar surface area (TPSA) is 52.5 Å². The van der Waals surface area contributed by atoms with Crippen LogP contribution in [0, 0.1) is 0 Å². The van der Waals surface area contributed by atoms with E-state index in [4.69, 9.17) is 0 Å². The van der Waals surface area contributed by atoms with Crippen LogP contribution in [0.1, 0.15) is 27.3 Å². The highest BCUT2D eigenvalue weighted by molar-refractivity contribution is 7.12. The van der Waals surface area contributed by atoms with E-state index < -0.39 is 0 Å². The molecular weight excluding hydrogens is 258 g/mol. The van der Waals surface area contributed by atoms with Crippen molar-refractivity contribution in [2.24, 2.45) is 0 Å². The first-order valence-corrected chi connectivity index (χ1v) is 7.36. The van der Waals surface area contributed by atoms with Crippen LogP contribution in [0.15, 0.2) is 24.3 Å². The van der Waals surface area contributed by atoms with Crippen molar-refractivity contribution in [1.82, 2.24) is 5.32 Å². The van der Waals surface area contributed by atoms with Gasteiger partial charge in [-0.25, -0.2) is 0 Å². The van der Waals surface area contributed by atoms with Crippen molar-refractivity contribution in [3.8, 4) is 11.5 Å². The molecule has 1 aliphatic carbocycles. The van der Waals surface area contributed by atoms with Crippen LogP contribution < -0.4 is 5.32 Å². The van der Waals surface area contributed by atoms with Gasteiger partial charge in [0.15, 0.2) is 11.5 Å². The number of thiophene rings is 1. The fourth-order valence-corrected chi connectivity index (χ4v) is 3.75.